The van der Waals surface area contributed by atoms with Gasteiger partial charge in [-0.05, 0) is 24.8 Å². The molecular weight excluding hydrogens is 327 g/mol. The molecule has 2 saturated heterocycles. The molecule has 2 aliphatic rings. The average molecular weight is 346 g/mol. The smallest absolute Gasteiger partial charge is 0.254 e. The number of hydrogen-bond acceptors (Lipinski definition) is 5. The Hall–Kier alpha value is -1.86. The van der Waals surface area contributed by atoms with Crippen LogP contribution in [0.15, 0.2) is 23.7 Å². The number of aromatic nitrogens is 2. The van der Waals surface area contributed by atoms with E-state index in [1.807, 2.05) is 11.8 Å². The molecule has 2 aliphatic heterocycles. The third kappa shape index (κ3) is 3.06. The Balaban J connectivity index is 1.36. The van der Waals surface area contributed by atoms with E-state index < -0.39 is 5.95 Å². The number of carbonyl (C=O) groups is 1. The van der Waals surface area contributed by atoms with Crippen LogP contribution in [0.25, 0.3) is 0 Å². The Labute approximate surface area is 144 Å². The topological polar surface area (TPSA) is 49.3 Å². The van der Waals surface area contributed by atoms with E-state index in [2.05, 4.69) is 20.2 Å². The molecule has 7 heteroatoms. The molecule has 2 atom stereocenters. The molecule has 0 unspecified atom stereocenters. The summed E-state index contributed by atoms with van der Waals surface area (Å²) in [4.78, 5) is 24.8. The Morgan fingerprint density at radius 3 is 2.71 bits per heavy atom. The van der Waals surface area contributed by atoms with Gasteiger partial charge in [0.05, 0.1) is 10.7 Å². The van der Waals surface area contributed by atoms with Gasteiger partial charge in [0.25, 0.3) is 5.91 Å². The maximum atomic E-state index is 13.2. The highest BCUT2D eigenvalue weighted by molar-refractivity contribution is 7.09. The molecule has 0 aliphatic carbocycles. The van der Waals surface area contributed by atoms with E-state index in [0.29, 0.717) is 17.4 Å². The molecule has 2 aromatic rings. The summed E-state index contributed by atoms with van der Waals surface area (Å²) in [6.07, 6.45) is 1.34. The lowest BCUT2D eigenvalue weighted by Crippen LogP contribution is -2.33. The van der Waals surface area contributed by atoms with Gasteiger partial charge >= 0.3 is 0 Å². The number of rotatable bonds is 3. The number of fused-ring (bicyclic) bond motifs is 1. The highest BCUT2D eigenvalue weighted by atomic mass is 32.1. The molecule has 0 N–H and O–H groups in total. The molecule has 0 bridgehead atoms. The fourth-order valence-corrected chi connectivity index (χ4v) is 4.42. The number of likely N-dealkylation sites (tertiary alicyclic amines) is 2. The zero-order valence-corrected chi connectivity index (χ0v) is 14.3. The molecule has 24 heavy (non-hydrogen) atoms. The molecular formula is C17H19FN4OS. The maximum absolute atomic E-state index is 13.2. The monoisotopic (exact) mass is 346 g/mol. The van der Waals surface area contributed by atoms with Gasteiger partial charge in [0.2, 0.25) is 5.95 Å². The van der Waals surface area contributed by atoms with Crippen molar-refractivity contribution in [2.75, 3.05) is 26.2 Å². The summed E-state index contributed by atoms with van der Waals surface area (Å²) < 4.78 is 13.2. The summed E-state index contributed by atoms with van der Waals surface area (Å²) in [6.45, 7) is 6.41. The van der Waals surface area contributed by atoms with Crippen molar-refractivity contribution in [1.82, 2.24) is 19.8 Å². The Morgan fingerprint density at radius 2 is 2.08 bits per heavy atom. The van der Waals surface area contributed by atoms with E-state index in [1.54, 1.807) is 17.4 Å². The fourth-order valence-electron chi connectivity index (χ4n) is 3.81. The lowest BCUT2D eigenvalue weighted by atomic mass is 10.0. The summed E-state index contributed by atoms with van der Waals surface area (Å²) in [7, 11) is 0. The highest BCUT2D eigenvalue weighted by Crippen LogP contribution is 2.32. The minimum absolute atomic E-state index is 0.0904. The van der Waals surface area contributed by atoms with Crippen LogP contribution in [-0.2, 0) is 6.54 Å². The summed E-state index contributed by atoms with van der Waals surface area (Å²) in [5.74, 6) is 0.304. The first kappa shape index (κ1) is 15.7. The second-order valence-electron chi connectivity index (χ2n) is 6.65. The normalized spacial score (nSPS) is 23.7. The van der Waals surface area contributed by atoms with Crippen molar-refractivity contribution in [3.63, 3.8) is 0 Å². The van der Waals surface area contributed by atoms with Crippen LogP contribution in [0, 0.1) is 24.7 Å². The van der Waals surface area contributed by atoms with Gasteiger partial charge in [0.1, 0.15) is 0 Å². The number of aryl methyl sites for hydroxylation is 1. The van der Waals surface area contributed by atoms with Crippen LogP contribution in [0.2, 0.25) is 0 Å². The number of nitrogens with zero attached hydrogens (tertiary/aromatic N) is 4. The lowest BCUT2D eigenvalue weighted by Gasteiger charge is -2.21. The maximum Gasteiger partial charge on any atom is 0.254 e. The molecule has 2 fully saturated rings. The van der Waals surface area contributed by atoms with Crippen LogP contribution in [-0.4, -0.2) is 51.9 Å². The molecule has 5 nitrogen and oxygen atoms in total. The van der Waals surface area contributed by atoms with Crippen molar-refractivity contribution in [1.29, 1.82) is 0 Å². The number of carbonyl (C=O) groups excluding carboxylic acids is 1. The van der Waals surface area contributed by atoms with Gasteiger partial charge in [-0.3, -0.25) is 9.69 Å². The first-order chi connectivity index (χ1) is 11.6. The SMILES string of the molecule is Cc1nc(CN2C[C@@H]3CN(C(=O)c4ccnc(F)c4)C[C@H]3C2)cs1. The van der Waals surface area contributed by atoms with Gasteiger partial charge in [-0.1, -0.05) is 0 Å². The van der Waals surface area contributed by atoms with E-state index in [1.165, 1.54) is 12.3 Å². The van der Waals surface area contributed by atoms with Crippen molar-refractivity contribution in [3.05, 3.63) is 45.9 Å². The Kier molecular flexibility index (Phi) is 4.05. The molecule has 0 aromatic carbocycles. The second kappa shape index (κ2) is 6.22. The average Bonchev–Trinajstić information content (AvgIpc) is 3.21. The van der Waals surface area contributed by atoms with Crippen LogP contribution >= 0.6 is 11.3 Å². The first-order valence-corrected chi connectivity index (χ1v) is 9.00. The third-order valence-electron chi connectivity index (χ3n) is 4.87. The zero-order valence-electron chi connectivity index (χ0n) is 13.5. The zero-order chi connectivity index (χ0) is 16.7. The summed E-state index contributed by atoms with van der Waals surface area (Å²) in [6, 6.07) is 2.80. The van der Waals surface area contributed by atoms with E-state index in [0.717, 1.165) is 43.4 Å². The van der Waals surface area contributed by atoms with Gasteiger partial charge in [-0.25, -0.2) is 9.97 Å². The van der Waals surface area contributed by atoms with E-state index in [4.69, 9.17) is 0 Å². The summed E-state index contributed by atoms with van der Waals surface area (Å²) in [5, 5.41) is 3.22. The van der Waals surface area contributed by atoms with Crippen molar-refractivity contribution < 1.29 is 9.18 Å². The van der Waals surface area contributed by atoms with Gasteiger partial charge in [-0.15, -0.1) is 11.3 Å². The molecule has 1 amide bonds. The van der Waals surface area contributed by atoms with Crippen LogP contribution in [0.3, 0.4) is 0 Å². The minimum atomic E-state index is -0.607. The Bertz CT molecular complexity index is 751. The predicted molar refractivity (Wildman–Crippen MR) is 89.2 cm³/mol. The predicted octanol–water partition coefficient (Wildman–Crippen LogP) is 2.19. The first-order valence-electron chi connectivity index (χ1n) is 8.12. The number of halogens is 1. The highest BCUT2D eigenvalue weighted by Gasteiger charge is 2.41. The molecule has 126 valence electrons. The number of thiazole rings is 1. The second-order valence-corrected chi connectivity index (χ2v) is 7.71. The fraction of sp³-hybridized carbons (Fsp3) is 0.471. The summed E-state index contributed by atoms with van der Waals surface area (Å²) >= 11 is 1.69. The van der Waals surface area contributed by atoms with Crippen LogP contribution in [0.1, 0.15) is 21.1 Å². The molecule has 2 aromatic heterocycles. The van der Waals surface area contributed by atoms with Crippen LogP contribution in [0.4, 0.5) is 4.39 Å². The molecule has 0 spiro atoms. The molecule has 4 heterocycles. The van der Waals surface area contributed by atoms with Crippen molar-refractivity contribution >= 4 is 17.2 Å². The van der Waals surface area contributed by atoms with Crippen molar-refractivity contribution in [2.45, 2.75) is 13.5 Å². The van der Waals surface area contributed by atoms with E-state index >= 15 is 0 Å². The summed E-state index contributed by atoms with van der Waals surface area (Å²) in [5.41, 5.74) is 1.52. The molecule has 4 rings (SSSR count). The number of hydrogen-bond donors (Lipinski definition) is 0. The largest absolute Gasteiger partial charge is 0.338 e. The lowest BCUT2D eigenvalue weighted by molar-refractivity contribution is 0.0772. The van der Waals surface area contributed by atoms with Gasteiger partial charge in [0.15, 0.2) is 0 Å². The molecule has 0 saturated carbocycles. The van der Waals surface area contributed by atoms with Crippen molar-refractivity contribution in [2.24, 2.45) is 11.8 Å². The van der Waals surface area contributed by atoms with Crippen LogP contribution in [0.5, 0.6) is 0 Å². The van der Waals surface area contributed by atoms with Gasteiger partial charge < -0.3 is 4.90 Å². The Morgan fingerprint density at radius 1 is 1.33 bits per heavy atom. The standard InChI is InChI=1S/C17H19FN4OS/c1-11-20-15(10-24-11)9-21-5-13-7-22(8-14(13)6-21)17(23)12-2-3-19-16(18)4-12/h2-4,10,13-14H,5-9H2,1H3/t13-,14-/m1/s1. The minimum Gasteiger partial charge on any atom is -0.338 e. The quantitative estimate of drug-likeness (QED) is 0.800. The number of pyridine rings is 1. The van der Waals surface area contributed by atoms with E-state index in [9.17, 15) is 9.18 Å². The van der Waals surface area contributed by atoms with Crippen LogP contribution < -0.4 is 0 Å². The van der Waals surface area contributed by atoms with Crippen molar-refractivity contribution in [3.8, 4) is 0 Å². The third-order valence-corrected chi connectivity index (χ3v) is 5.70. The number of amides is 1. The molecule has 0 radical (unpaired) electrons. The van der Waals surface area contributed by atoms with Gasteiger partial charge in [0, 0.05) is 55.9 Å². The van der Waals surface area contributed by atoms with E-state index in [-0.39, 0.29) is 5.91 Å². The van der Waals surface area contributed by atoms with Gasteiger partial charge in [-0.2, -0.15) is 4.39 Å².